The van der Waals surface area contributed by atoms with E-state index in [-0.39, 0.29) is 5.56 Å². The average Bonchev–Trinajstić information content (AvgIpc) is 3.37. The van der Waals surface area contributed by atoms with E-state index < -0.39 is 0 Å². The van der Waals surface area contributed by atoms with Gasteiger partial charge >= 0.3 is 0 Å². The molecule has 4 aromatic rings. The molecule has 1 aliphatic rings. The van der Waals surface area contributed by atoms with Gasteiger partial charge in [-0.25, -0.2) is 4.98 Å². The van der Waals surface area contributed by atoms with E-state index in [4.69, 9.17) is 16.3 Å². The third-order valence-corrected chi connectivity index (χ3v) is 6.17. The standard InChI is InChI=1S/C27H25ClN4O2/c28-21-5-7-23(30-18-21)6-3-19-11-14-32(27(33)16-19)24-8-9-25-20(17-24)4-10-26(31-25)34-15-12-22-2-1-13-29-22/h3-11,14,16-18,22,29H,1-2,12-13,15H2/b6-3+. The lowest BCUT2D eigenvalue weighted by atomic mass is 10.1. The molecule has 1 aromatic carbocycles. The van der Waals surface area contributed by atoms with Crippen molar-refractivity contribution >= 4 is 34.7 Å². The molecule has 5 rings (SSSR count). The van der Waals surface area contributed by atoms with Gasteiger partial charge in [0.05, 0.1) is 22.8 Å². The molecule has 6 nitrogen and oxygen atoms in total. The van der Waals surface area contributed by atoms with E-state index in [2.05, 4.69) is 15.3 Å². The van der Waals surface area contributed by atoms with Crippen molar-refractivity contribution in [2.24, 2.45) is 0 Å². The first-order chi connectivity index (χ1) is 16.6. The van der Waals surface area contributed by atoms with Gasteiger partial charge in [-0.1, -0.05) is 17.7 Å². The van der Waals surface area contributed by atoms with Crippen LogP contribution in [0.15, 0.2) is 71.8 Å². The Morgan fingerprint density at radius 1 is 1.12 bits per heavy atom. The van der Waals surface area contributed by atoms with Crippen molar-refractivity contribution in [3.8, 4) is 11.6 Å². The van der Waals surface area contributed by atoms with Crippen molar-refractivity contribution in [3.05, 3.63) is 93.6 Å². The highest BCUT2D eigenvalue weighted by atomic mass is 35.5. The Hall–Kier alpha value is -3.48. The van der Waals surface area contributed by atoms with Crippen molar-refractivity contribution in [2.75, 3.05) is 13.2 Å². The maximum Gasteiger partial charge on any atom is 0.255 e. The fraction of sp³-hybridized carbons (Fsp3) is 0.222. The monoisotopic (exact) mass is 472 g/mol. The second-order valence-corrected chi connectivity index (χ2v) is 8.80. The molecule has 0 radical (unpaired) electrons. The van der Waals surface area contributed by atoms with Gasteiger partial charge in [0.25, 0.3) is 5.56 Å². The van der Waals surface area contributed by atoms with E-state index in [0.29, 0.717) is 23.6 Å². The van der Waals surface area contributed by atoms with Crippen molar-refractivity contribution < 1.29 is 4.74 Å². The molecule has 4 heterocycles. The minimum atomic E-state index is -0.112. The van der Waals surface area contributed by atoms with Crippen LogP contribution in [0.25, 0.3) is 28.7 Å². The number of halogens is 1. The number of ether oxygens (including phenoxy) is 1. The SMILES string of the molecule is O=c1cc(/C=C/c2ccc(Cl)cn2)ccn1-c1ccc2nc(OCCC3CCCN3)ccc2c1. The van der Waals surface area contributed by atoms with Gasteiger partial charge in [-0.15, -0.1) is 0 Å². The second kappa shape index (κ2) is 10.2. The highest BCUT2D eigenvalue weighted by molar-refractivity contribution is 6.30. The first-order valence-electron chi connectivity index (χ1n) is 11.4. The summed E-state index contributed by atoms with van der Waals surface area (Å²) in [4.78, 5) is 21.6. The second-order valence-electron chi connectivity index (χ2n) is 8.36. The van der Waals surface area contributed by atoms with Crippen LogP contribution >= 0.6 is 11.6 Å². The largest absolute Gasteiger partial charge is 0.478 e. The average molecular weight is 473 g/mol. The molecule has 1 aliphatic heterocycles. The van der Waals surface area contributed by atoms with E-state index >= 15 is 0 Å². The summed E-state index contributed by atoms with van der Waals surface area (Å²) in [5, 5.41) is 5.02. The van der Waals surface area contributed by atoms with Crippen LogP contribution in [0.3, 0.4) is 0 Å². The quantitative estimate of drug-likeness (QED) is 0.404. The summed E-state index contributed by atoms with van der Waals surface area (Å²) in [5.41, 5.74) is 3.08. The van der Waals surface area contributed by atoms with Gasteiger partial charge in [-0.3, -0.25) is 14.3 Å². The first-order valence-corrected chi connectivity index (χ1v) is 11.8. The molecule has 0 bridgehead atoms. The first kappa shape index (κ1) is 22.3. The van der Waals surface area contributed by atoms with Crippen molar-refractivity contribution in [1.82, 2.24) is 19.9 Å². The number of nitrogens with one attached hydrogen (secondary N) is 1. The Labute approximate surface area is 202 Å². The number of pyridine rings is 3. The highest BCUT2D eigenvalue weighted by Gasteiger charge is 2.13. The zero-order valence-electron chi connectivity index (χ0n) is 18.7. The van der Waals surface area contributed by atoms with E-state index in [1.165, 1.54) is 12.8 Å². The Morgan fingerprint density at radius 2 is 2.06 bits per heavy atom. The molecule has 0 saturated carbocycles. The van der Waals surface area contributed by atoms with Gasteiger partial charge in [0.15, 0.2) is 0 Å². The Balaban J connectivity index is 1.29. The minimum absolute atomic E-state index is 0.112. The minimum Gasteiger partial charge on any atom is -0.478 e. The highest BCUT2D eigenvalue weighted by Crippen LogP contribution is 2.20. The lowest BCUT2D eigenvalue weighted by Crippen LogP contribution is -2.23. The molecule has 34 heavy (non-hydrogen) atoms. The fourth-order valence-electron chi connectivity index (χ4n) is 4.11. The number of benzene rings is 1. The van der Waals surface area contributed by atoms with Crippen LogP contribution in [-0.4, -0.2) is 33.7 Å². The van der Waals surface area contributed by atoms with Crippen LogP contribution < -0.4 is 15.6 Å². The van der Waals surface area contributed by atoms with E-state index in [1.807, 2.05) is 54.6 Å². The molecule has 0 amide bonds. The normalized spacial score (nSPS) is 15.9. The molecule has 1 atom stereocenters. The van der Waals surface area contributed by atoms with Crippen molar-refractivity contribution in [3.63, 3.8) is 0 Å². The zero-order chi connectivity index (χ0) is 23.3. The predicted molar refractivity (Wildman–Crippen MR) is 137 cm³/mol. The summed E-state index contributed by atoms with van der Waals surface area (Å²) >= 11 is 5.87. The number of rotatable bonds is 7. The fourth-order valence-corrected chi connectivity index (χ4v) is 4.22. The Morgan fingerprint density at radius 3 is 2.85 bits per heavy atom. The van der Waals surface area contributed by atoms with Crippen LogP contribution in [0.5, 0.6) is 5.88 Å². The summed E-state index contributed by atoms with van der Waals surface area (Å²) in [7, 11) is 0. The van der Waals surface area contributed by atoms with Crippen LogP contribution in [0.4, 0.5) is 0 Å². The molecule has 1 saturated heterocycles. The van der Waals surface area contributed by atoms with Crippen LogP contribution in [0.2, 0.25) is 5.02 Å². The maximum absolute atomic E-state index is 12.8. The molecule has 0 aliphatic carbocycles. The number of fused-ring (bicyclic) bond motifs is 1. The van der Waals surface area contributed by atoms with Crippen LogP contribution in [-0.2, 0) is 0 Å². The molecule has 1 unspecified atom stereocenters. The maximum atomic E-state index is 12.8. The van der Waals surface area contributed by atoms with Crippen molar-refractivity contribution in [2.45, 2.75) is 25.3 Å². The van der Waals surface area contributed by atoms with Gasteiger partial charge in [0, 0.05) is 41.6 Å². The predicted octanol–water partition coefficient (Wildman–Crippen LogP) is 5.13. The van der Waals surface area contributed by atoms with E-state index in [1.54, 1.807) is 29.1 Å². The van der Waals surface area contributed by atoms with Gasteiger partial charge in [-0.05, 0) is 79.9 Å². The van der Waals surface area contributed by atoms with Gasteiger partial charge in [0.2, 0.25) is 5.88 Å². The Bertz CT molecular complexity index is 1380. The summed E-state index contributed by atoms with van der Waals surface area (Å²) in [6.07, 6.45) is 10.5. The number of hydrogen-bond acceptors (Lipinski definition) is 5. The zero-order valence-corrected chi connectivity index (χ0v) is 19.4. The number of aromatic nitrogens is 3. The topological polar surface area (TPSA) is 69.0 Å². The smallest absolute Gasteiger partial charge is 0.255 e. The van der Waals surface area contributed by atoms with E-state index in [9.17, 15) is 4.79 Å². The lowest BCUT2D eigenvalue weighted by molar-refractivity contribution is 0.283. The number of hydrogen-bond donors (Lipinski definition) is 1. The summed E-state index contributed by atoms with van der Waals surface area (Å²) in [6, 6.07) is 17.3. The Kier molecular flexibility index (Phi) is 6.70. The van der Waals surface area contributed by atoms with Crippen LogP contribution in [0, 0.1) is 0 Å². The third kappa shape index (κ3) is 5.35. The summed E-state index contributed by atoms with van der Waals surface area (Å²) in [6.45, 7) is 1.75. The summed E-state index contributed by atoms with van der Waals surface area (Å²) < 4.78 is 7.48. The third-order valence-electron chi connectivity index (χ3n) is 5.94. The molecule has 3 aromatic heterocycles. The molecule has 0 spiro atoms. The van der Waals surface area contributed by atoms with Crippen molar-refractivity contribution in [1.29, 1.82) is 0 Å². The van der Waals surface area contributed by atoms with Crippen LogP contribution in [0.1, 0.15) is 30.5 Å². The molecular weight excluding hydrogens is 448 g/mol. The van der Waals surface area contributed by atoms with Gasteiger partial charge in [-0.2, -0.15) is 0 Å². The molecule has 172 valence electrons. The molecule has 1 fully saturated rings. The number of nitrogens with zero attached hydrogens (tertiary/aromatic N) is 3. The lowest BCUT2D eigenvalue weighted by Gasteiger charge is -2.11. The molecular formula is C27H25ClN4O2. The van der Waals surface area contributed by atoms with Gasteiger partial charge in [0.1, 0.15) is 0 Å². The van der Waals surface area contributed by atoms with Gasteiger partial charge < -0.3 is 10.1 Å². The van der Waals surface area contributed by atoms with E-state index in [0.717, 1.165) is 40.8 Å². The molecule has 7 heteroatoms. The summed E-state index contributed by atoms with van der Waals surface area (Å²) in [5.74, 6) is 0.627. The molecule has 1 N–H and O–H groups in total.